The Bertz CT molecular complexity index is 215. The average molecular weight is 180 g/mol. The van der Waals surface area contributed by atoms with Crippen molar-refractivity contribution in [1.82, 2.24) is 0 Å². The maximum Gasteiger partial charge on any atom is 0.0788 e. The van der Waals surface area contributed by atoms with E-state index in [1.54, 1.807) is 0 Å². The van der Waals surface area contributed by atoms with Crippen LogP contribution in [0, 0.1) is 5.92 Å². The lowest BCUT2D eigenvalue weighted by Gasteiger charge is -2.28. The van der Waals surface area contributed by atoms with Crippen LogP contribution in [0.25, 0.3) is 0 Å². The van der Waals surface area contributed by atoms with Gasteiger partial charge in [0.25, 0.3) is 0 Å². The highest BCUT2D eigenvalue weighted by molar-refractivity contribution is 5.15. The van der Waals surface area contributed by atoms with E-state index in [0.717, 1.165) is 19.4 Å². The summed E-state index contributed by atoms with van der Waals surface area (Å²) in [7, 11) is 0. The molecule has 0 radical (unpaired) electrons. The lowest BCUT2D eigenvalue weighted by atomic mass is 9.84. The van der Waals surface area contributed by atoms with Gasteiger partial charge in [0.1, 0.15) is 0 Å². The fourth-order valence-electron chi connectivity index (χ4n) is 1.80. The van der Waals surface area contributed by atoms with Gasteiger partial charge in [-0.05, 0) is 45.1 Å². The van der Waals surface area contributed by atoms with Crippen LogP contribution >= 0.6 is 0 Å². The van der Waals surface area contributed by atoms with Gasteiger partial charge in [0, 0.05) is 6.61 Å². The molecule has 0 aliphatic heterocycles. The molecule has 0 aromatic carbocycles. The molecular weight excluding hydrogens is 160 g/mol. The molecule has 0 unspecified atom stereocenters. The molecule has 1 nitrogen and oxygen atoms in total. The van der Waals surface area contributed by atoms with Crippen molar-refractivity contribution >= 4 is 0 Å². The van der Waals surface area contributed by atoms with Gasteiger partial charge in [-0.3, -0.25) is 0 Å². The molecule has 0 heterocycles. The van der Waals surface area contributed by atoms with E-state index >= 15 is 0 Å². The second kappa shape index (κ2) is 4.61. The topological polar surface area (TPSA) is 9.23 Å². The molecule has 0 spiro atoms. The van der Waals surface area contributed by atoms with E-state index in [9.17, 15) is 0 Å². The van der Waals surface area contributed by atoms with E-state index in [2.05, 4.69) is 33.4 Å². The van der Waals surface area contributed by atoms with Crippen LogP contribution in [-0.4, -0.2) is 12.7 Å². The van der Waals surface area contributed by atoms with Crippen molar-refractivity contribution in [3.63, 3.8) is 0 Å². The summed E-state index contributed by atoms with van der Waals surface area (Å²) in [5.41, 5.74) is 2.67. The molecule has 0 saturated heterocycles. The molecule has 1 rings (SSSR count). The van der Waals surface area contributed by atoms with E-state index in [4.69, 9.17) is 4.74 Å². The maximum absolute atomic E-state index is 5.67. The van der Waals surface area contributed by atoms with Crippen molar-refractivity contribution in [3.8, 4) is 0 Å². The van der Waals surface area contributed by atoms with E-state index in [1.807, 2.05) is 0 Å². The predicted octanol–water partition coefficient (Wildman–Crippen LogP) is 3.32. The molecule has 1 aliphatic rings. The van der Waals surface area contributed by atoms with Crippen LogP contribution in [-0.2, 0) is 4.74 Å². The zero-order valence-electron chi connectivity index (χ0n) is 8.97. The monoisotopic (exact) mass is 180 g/mol. The number of allylic oxidation sites excluding steroid dienone is 2. The normalized spacial score (nSPS) is 28.4. The molecule has 1 aliphatic carbocycles. The third-order valence-electron chi connectivity index (χ3n) is 2.80. The highest BCUT2D eigenvalue weighted by Gasteiger charge is 2.22. The molecule has 0 saturated carbocycles. The zero-order chi connectivity index (χ0) is 9.84. The largest absolute Gasteiger partial charge is 0.374 e. The van der Waals surface area contributed by atoms with Crippen LogP contribution in [0.1, 0.15) is 33.6 Å². The third kappa shape index (κ3) is 2.70. The van der Waals surface area contributed by atoms with Gasteiger partial charge in [-0.25, -0.2) is 0 Å². The lowest BCUT2D eigenvalue weighted by molar-refractivity contribution is 0.0686. The van der Waals surface area contributed by atoms with Crippen LogP contribution < -0.4 is 0 Å². The summed E-state index contributed by atoms with van der Waals surface area (Å²) in [6.45, 7) is 11.1. The maximum atomic E-state index is 5.67. The molecule has 0 aromatic heterocycles. The van der Waals surface area contributed by atoms with Crippen LogP contribution in [0.15, 0.2) is 23.8 Å². The number of ether oxygens (including phenoxy) is 1. The molecule has 0 fully saturated rings. The quantitative estimate of drug-likeness (QED) is 0.605. The minimum atomic E-state index is 0.334. The van der Waals surface area contributed by atoms with E-state index < -0.39 is 0 Å². The van der Waals surface area contributed by atoms with Crippen LogP contribution in [0.4, 0.5) is 0 Å². The highest BCUT2D eigenvalue weighted by Crippen LogP contribution is 2.29. The van der Waals surface area contributed by atoms with Crippen molar-refractivity contribution in [2.75, 3.05) is 6.61 Å². The standard InChI is InChI=1S/C12H20O/c1-5-13-12-8-11(9(2)3)7-6-10(12)4/h6,11-12H,2,5,7-8H2,1,3-4H3/t11-,12+/m1/s1. The average Bonchev–Trinajstić information content (AvgIpc) is 2.08. The Balaban J connectivity index is 2.60. The summed E-state index contributed by atoms with van der Waals surface area (Å²) in [6.07, 6.45) is 4.89. The molecule has 0 N–H and O–H groups in total. The number of hydrogen-bond acceptors (Lipinski definition) is 1. The van der Waals surface area contributed by atoms with E-state index in [1.165, 1.54) is 11.1 Å². The molecule has 1 heteroatoms. The Morgan fingerprint density at radius 1 is 1.69 bits per heavy atom. The van der Waals surface area contributed by atoms with Gasteiger partial charge in [-0.15, -0.1) is 0 Å². The van der Waals surface area contributed by atoms with Crippen LogP contribution in [0.5, 0.6) is 0 Å². The van der Waals surface area contributed by atoms with Crippen molar-refractivity contribution < 1.29 is 4.74 Å². The molecule has 74 valence electrons. The molecule has 0 bridgehead atoms. The summed E-state index contributed by atoms with van der Waals surface area (Å²) in [4.78, 5) is 0. The van der Waals surface area contributed by atoms with Gasteiger partial charge in [0.05, 0.1) is 6.10 Å². The Kier molecular flexibility index (Phi) is 3.73. The fraction of sp³-hybridized carbons (Fsp3) is 0.667. The summed E-state index contributed by atoms with van der Waals surface area (Å²) >= 11 is 0. The summed E-state index contributed by atoms with van der Waals surface area (Å²) in [5, 5.41) is 0. The van der Waals surface area contributed by atoms with Crippen molar-refractivity contribution in [2.45, 2.75) is 39.7 Å². The van der Waals surface area contributed by atoms with Crippen LogP contribution in [0.3, 0.4) is 0 Å². The first-order valence-electron chi connectivity index (χ1n) is 5.08. The minimum absolute atomic E-state index is 0.334. The van der Waals surface area contributed by atoms with Crippen molar-refractivity contribution in [1.29, 1.82) is 0 Å². The van der Waals surface area contributed by atoms with Gasteiger partial charge >= 0.3 is 0 Å². The molecule has 0 amide bonds. The predicted molar refractivity (Wildman–Crippen MR) is 56.7 cm³/mol. The summed E-state index contributed by atoms with van der Waals surface area (Å²) in [5.74, 6) is 0.625. The zero-order valence-corrected chi connectivity index (χ0v) is 8.97. The summed E-state index contributed by atoms with van der Waals surface area (Å²) < 4.78 is 5.67. The van der Waals surface area contributed by atoms with Gasteiger partial charge in [-0.1, -0.05) is 18.2 Å². The number of hydrogen-bond donors (Lipinski definition) is 0. The highest BCUT2D eigenvalue weighted by atomic mass is 16.5. The Labute approximate surface area is 81.5 Å². The van der Waals surface area contributed by atoms with E-state index in [-0.39, 0.29) is 0 Å². The Morgan fingerprint density at radius 3 is 2.92 bits per heavy atom. The molecule has 0 aromatic rings. The SMILES string of the molecule is C=C(C)[C@@H]1CC=C(C)[C@@H](OCC)C1. The smallest absolute Gasteiger partial charge is 0.0788 e. The molecular formula is C12H20O. The second-order valence-corrected chi connectivity index (χ2v) is 3.91. The summed E-state index contributed by atoms with van der Waals surface area (Å²) in [6, 6.07) is 0. The van der Waals surface area contributed by atoms with Gasteiger partial charge in [-0.2, -0.15) is 0 Å². The van der Waals surface area contributed by atoms with E-state index in [0.29, 0.717) is 12.0 Å². The second-order valence-electron chi connectivity index (χ2n) is 3.91. The Hall–Kier alpha value is -0.560. The van der Waals surface area contributed by atoms with Gasteiger partial charge < -0.3 is 4.74 Å². The third-order valence-corrected chi connectivity index (χ3v) is 2.80. The van der Waals surface area contributed by atoms with Gasteiger partial charge in [0.15, 0.2) is 0 Å². The Morgan fingerprint density at radius 2 is 2.38 bits per heavy atom. The van der Waals surface area contributed by atoms with Crippen molar-refractivity contribution in [3.05, 3.63) is 23.8 Å². The molecule has 2 atom stereocenters. The van der Waals surface area contributed by atoms with Crippen molar-refractivity contribution in [2.24, 2.45) is 5.92 Å². The molecule has 13 heavy (non-hydrogen) atoms. The lowest BCUT2D eigenvalue weighted by Crippen LogP contribution is -2.23. The van der Waals surface area contributed by atoms with Crippen LogP contribution in [0.2, 0.25) is 0 Å². The first-order valence-corrected chi connectivity index (χ1v) is 5.08. The van der Waals surface area contributed by atoms with Gasteiger partial charge in [0.2, 0.25) is 0 Å². The first kappa shape index (κ1) is 10.5. The minimum Gasteiger partial charge on any atom is -0.374 e. The fourth-order valence-corrected chi connectivity index (χ4v) is 1.80. The number of rotatable bonds is 3. The first-order chi connectivity index (χ1) is 6.15.